The lowest BCUT2D eigenvalue weighted by Crippen LogP contribution is -2.02. The zero-order chi connectivity index (χ0) is 15.0. The summed E-state index contributed by atoms with van der Waals surface area (Å²) in [6, 6.07) is 3.58. The van der Waals surface area contributed by atoms with E-state index >= 15 is 0 Å². The van der Waals surface area contributed by atoms with Crippen molar-refractivity contribution in [2.45, 2.75) is 51.6 Å². The second-order valence-electron chi connectivity index (χ2n) is 4.92. The minimum absolute atomic E-state index is 0.414. The molecular weight excluding hydrogens is 276 g/mol. The Balaban J connectivity index is 2.67. The first kappa shape index (κ1) is 17.1. The molecule has 1 aromatic rings. The van der Waals surface area contributed by atoms with Gasteiger partial charge in [0.1, 0.15) is 16.5 Å². The quantitative estimate of drug-likeness (QED) is 0.669. The molecule has 114 valence electrons. The van der Waals surface area contributed by atoms with Gasteiger partial charge in [0.25, 0.3) is 0 Å². The smallest absolute Gasteiger partial charge is 0.147 e. The van der Waals surface area contributed by atoms with Crippen LogP contribution >= 0.6 is 11.6 Å². The van der Waals surface area contributed by atoms with Gasteiger partial charge < -0.3 is 14.6 Å². The summed E-state index contributed by atoms with van der Waals surface area (Å²) in [5.41, 5.74) is 0.730. The molecule has 0 aliphatic rings. The van der Waals surface area contributed by atoms with Gasteiger partial charge in [-0.15, -0.1) is 0 Å². The maximum atomic E-state index is 10.3. The van der Waals surface area contributed by atoms with Gasteiger partial charge in [0.05, 0.1) is 20.3 Å². The maximum Gasteiger partial charge on any atom is 0.147 e. The van der Waals surface area contributed by atoms with Crippen molar-refractivity contribution in [3.8, 4) is 11.5 Å². The van der Waals surface area contributed by atoms with Crippen LogP contribution in [0.4, 0.5) is 0 Å². The zero-order valence-corrected chi connectivity index (χ0v) is 13.4. The lowest BCUT2D eigenvalue weighted by Gasteiger charge is -2.17. The van der Waals surface area contributed by atoms with E-state index in [1.807, 2.05) is 6.07 Å². The molecule has 0 aliphatic carbocycles. The average molecular weight is 301 g/mol. The van der Waals surface area contributed by atoms with E-state index in [0.29, 0.717) is 16.5 Å². The number of ether oxygens (including phenoxy) is 2. The Morgan fingerprint density at radius 1 is 1.10 bits per heavy atom. The molecule has 1 atom stereocenters. The van der Waals surface area contributed by atoms with E-state index in [1.54, 1.807) is 20.3 Å². The van der Waals surface area contributed by atoms with Gasteiger partial charge in [-0.2, -0.15) is 0 Å². The molecule has 0 heterocycles. The van der Waals surface area contributed by atoms with Crippen LogP contribution in [-0.2, 0) is 0 Å². The third-order valence-corrected chi connectivity index (χ3v) is 3.81. The highest BCUT2D eigenvalue weighted by molar-refractivity contribution is 6.33. The first-order chi connectivity index (χ1) is 9.65. The summed E-state index contributed by atoms with van der Waals surface area (Å²) in [4.78, 5) is 0. The van der Waals surface area contributed by atoms with Crippen LogP contribution in [0.1, 0.15) is 57.1 Å². The molecule has 0 aliphatic heterocycles. The molecule has 0 bridgehead atoms. The molecular formula is C16H25ClO3. The summed E-state index contributed by atoms with van der Waals surface area (Å²) in [5, 5.41) is 10.7. The van der Waals surface area contributed by atoms with E-state index in [2.05, 4.69) is 6.92 Å². The van der Waals surface area contributed by atoms with Crippen LogP contribution < -0.4 is 9.47 Å². The second kappa shape index (κ2) is 9.09. The van der Waals surface area contributed by atoms with E-state index < -0.39 is 6.10 Å². The zero-order valence-electron chi connectivity index (χ0n) is 12.6. The lowest BCUT2D eigenvalue weighted by molar-refractivity contribution is 0.159. The van der Waals surface area contributed by atoms with Crippen molar-refractivity contribution in [3.05, 3.63) is 22.7 Å². The molecule has 0 saturated heterocycles. The summed E-state index contributed by atoms with van der Waals surface area (Å²) in [5.74, 6) is 1.06. The van der Waals surface area contributed by atoms with E-state index in [9.17, 15) is 5.11 Å². The Hall–Kier alpha value is -0.930. The number of hydrogen-bond acceptors (Lipinski definition) is 3. The molecule has 3 nitrogen and oxygen atoms in total. The van der Waals surface area contributed by atoms with E-state index in [-0.39, 0.29) is 0 Å². The van der Waals surface area contributed by atoms with Crippen LogP contribution in [0.25, 0.3) is 0 Å². The van der Waals surface area contributed by atoms with Gasteiger partial charge in [0.15, 0.2) is 0 Å². The first-order valence-electron chi connectivity index (χ1n) is 7.24. The highest BCUT2D eigenvalue weighted by Gasteiger charge is 2.18. The molecule has 20 heavy (non-hydrogen) atoms. The van der Waals surface area contributed by atoms with Gasteiger partial charge in [-0.25, -0.2) is 0 Å². The fourth-order valence-electron chi connectivity index (χ4n) is 2.28. The minimum atomic E-state index is -0.546. The first-order valence-corrected chi connectivity index (χ1v) is 7.61. The van der Waals surface area contributed by atoms with Gasteiger partial charge in [0, 0.05) is 5.56 Å². The topological polar surface area (TPSA) is 38.7 Å². The van der Waals surface area contributed by atoms with Crippen LogP contribution in [0.3, 0.4) is 0 Å². The molecule has 0 fully saturated rings. The van der Waals surface area contributed by atoms with Gasteiger partial charge in [-0.3, -0.25) is 0 Å². The third kappa shape index (κ3) is 4.57. The Morgan fingerprint density at radius 2 is 1.80 bits per heavy atom. The summed E-state index contributed by atoms with van der Waals surface area (Å²) < 4.78 is 10.5. The van der Waals surface area contributed by atoms with Crippen molar-refractivity contribution in [3.63, 3.8) is 0 Å². The minimum Gasteiger partial charge on any atom is -0.495 e. The van der Waals surface area contributed by atoms with Gasteiger partial charge in [0.2, 0.25) is 0 Å². The average Bonchev–Trinajstić information content (AvgIpc) is 2.46. The lowest BCUT2D eigenvalue weighted by atomic mass is 10.0. The molecule has 1 rings (SSSR count). The van der Waals surface area contributed by atoms with Crippen LogP contribution in [0.5, 0.6) is 11.5 Å². The molecule has 0 saturated carbocycles. The third-order valence-electron chi connectivity index (χ3n) is 3.46. The van der Waals surface area contributed by atoms with Crippen molar-refractivity contribution in [2.24, 2.45) is 0 Å². The summed E-state index contributed by atoms with van der Waals surface area (Å²) in [7, 11) is 3.11. The highest BCUT2D eigenvalue weighted by Crippen LogP contribution is 2.40. The Morgan fingerprint density at radius 3 is 2.40 bits per heavy atom. The number of aliphatic hydroxyl groups is 1. The number of unbranched alkanes of at least 4 members (excludes halogenated alkanes) is 4. The van der Waals surface area contributed by atoms with Crippen LogP contribution in [0.2, 0.25) is 5.02 Å². The van der Waals surface area contributed by atoms with Crippen molar-refractivity contribution in [1.29, 1.82) is 0 Å². The number of halogens is 1. The molecule has 0 amide bonds. The molecule has 0 spiro atoms. The largest absolute Gasteiger partial charge is 0.495 e. The predicted molar refractivity (Wildman–Crippen MR) is 82.9 cm³/mol. The summed E-state index contributed by atoms with van der Waals surface area (Å²) in [6.07, 6.45) is 6.05. The number of methoxy groups -OCH3 is 2. The van der Waals surface area contributed by atoms with Crippen molar-refractivity contribution >= 4 is 11.6 Å². The Bertz CT molecular complexity index is 407. The van der Waals surface area contributed by atoms with Gasteiger partial charge in [-0.05, 0) is 18.6 Å². The predicted octanol–water partition coefficient (Wildman–Crippen LogP) is 4.75. The van der Waals surface area contributed by atoms with E-state index in [0.717, 1.165) is 24.8 Å². The van der Waals surface area contributed by atoms with E-state index in [1.165, 1.54) is 19.3 Å². The number of rotatable bonds is 9. The molecule has 1 N–H and O–H groups in total. The molecule has 0 aromatic heterocycles. The van der Waals surface area contributed by atoms with Crippen molar-refractivity contribution in [1.82, 2.24) is 0 Å². The monoisotopic (exact) mass is 300 g/mol. The standard InChI is InChI=1S/C16H25ClO3/c1-4-5-6-7-8-9-13(18)12-10-11-14(19-2)15(17)16(12)20-3/h10-11,13,18H,4-9H2,1-3H3. The van der Waals surface area contributed by atoms with Crippen LogP contribution in [0.15, 0.2) is 12.1 Å². The molecule has 1 unspecified atom stereocenters. The maximum absolute atomic E-state index is 10.3. The van der Waals surface area contributed by atoms with Crippen LogP contribution in [0, 0.1) is 0 Å². The molecule has 0 radical (unpaired) electrons. The Kier molecular flexibility index (Phi) is 7.78. The number of hydrogen-bond donors (Lipinski definition) is 1. The molecule has 4 heteroatoms. The fourth-order valence-corrected chi connectivity index (χ4v) is 2.60. The number of aliphatic hydroxyl groups excluding tert-OH is 1. The van der Waals surface area contributed by atoms with Gasteiger partial charge in [-0.1, -0.05) is 50.6 Å². The molecule has 1 aromatic carbocycles. The van der Waals surface area contributed by atoms with Gasteiger partial charge >= 0.3 is 0 Å². The summed E-state index contributed by atoms with van der Waals surface area (Å²) >= 11 is 6.20. The number of benzene rings is 1. The second-order valence-corrected chi connectivity index (χ2v) is 5.30. The highest BCUT2D eigenvalue weighted by atomic mass is 35.5. The van der Waals surface area contributed by atoms with Crippen LogP contribution in [-0.4, -0.2) is 19.3 Å². The summed E-state index contributed by atoms with van der Waals surface area (Å²) in [6.45, 7) is 2.19. The van der Waals surface area contributed by atoms with Crippen molar-refractivity contribution < 1.29 is 14.6 Å². The normalized spacial score (nSPS) is 12.2. The Labute approximate surface area is 126 Å². The van der Waals surface area contributed by atoms with E-state index in [4.69, 9.17) is 21.1 Å². The van der Waals surface area contributed by atoms with Crippen molar-refractivity contribution in [2.75, 3.05) is 14.2 Å². The SMILES string of the molecule is CCCCCCCC(O)c1ccc(OC)c(Cl)c1OC. The fraction of sp³-hybridized carbons (Fsp3) is 0.625.